The smallest absolute Gasteiger partial charge is 0.389 e. The molecule has 1 N–H and O–H groups in total. The minimum absolute atomic E-state index is 0.00769. The molecule has 0 unspecified atom stereocenters. The van der Waals surface area contributed by atoms with Gasteiger partial charge in [0.15, 0.2) is 4.98 Å². The van der Waals surface area contributed by atoms with Gasteiger partial charge in [-0.1, -0.05) is 17.7 Å². The molecule has 0 aromatic heterocycles. The Kier molecular flexibility index (Phi) is 3.03. The van der Waals surface area contributed by atoms with Crippen molar-refractivity contribution in [1.29, 1.82) is 5.39 Å². The zero-order valence-corrected chi connectivity index (χ0v) is 7.12. The number of aliphatic hydroxyl groups excluding tert-OH is 1. The lowest BCUT2D eigenvalue weighted by atomic mass is 10.1. The average Bonchev–Trinajstić information content (AvgIpc) is 2.09. The van der Waals surface area contributed by atoms with Crippen LogP contribution in [0.1, 0.15) is 5.56 Å². The summed E-state index contributed by atoms with van der Waals surface area (Å²) in [6, 6.07) is 5.02. The normalized spacial score (nSPS) is 9.42. The van der Waals surface area contributed by atoms with Crippen molar-refractivity contribution >= 4 is 17.3 Å². The van der Waals surface area contributed by atoms with E-state index in [4.69, 9.17) is 22.1 Å². The first kappa shape index (κ1) is 8.98. The maximum Gasteiger partial charge on any atom is 0.389 e. The molecule has 0 fully saturated rings. The predicted molar refractivity (Wildman–Crippen MR) is 47.0 cm³/mol. The molecule has 1 rings (SSSR count). The maximum absolute atomic E-state index is 8.68. The van der Waals surface area contributed by atoms with Crippen LogP contribution < -0.4 is 0 Å². The van der Waals surface area contributed by atoms with E-state index in [1.165, 1.54) is 0 Å². The lowest BCUT2D eigenvalue weighted by Crippen LogP contribution is -1.91. The zero-order valence-electron chi connectivity index (χ0n) is 6.37. The van der Waals surface area contributed by atoms with Crippen LogP contribution in [0, 0.1) is 5.39 Å². The highest BCUT2D eigenvalue weighted by Crippen LogP contribution is 2.26. The van der Waals surface area contributed by atoms with E-state index in [1.807, 2.05) is 0 Å². The summed E-state index contributed by atoms with van der Waals surface area (Å²) in [6.45, 7) is -0.00769. The van der Waals surface area contributed by atoms with Crippen molar-refractivity contribution in [2.24, 2.45) is 0 Å². The van der Waals surface area contributed by atoms with E-state index in [0.29, 0.717) is 22.7 Å². The molecular formula is C8H8ClN2O+. The van der Waals surface area contributed by atoms with E-state index < -0.39 is 0 Å². The molecule has 0 aliphatic heterocycles. The fourth-order valence-electron chi connectivity index (χ4n) is 1.00. The molecule has 0 aliphatic carbocycles. The molecule has 0 saturated heterocycles. The molecule has 0 amide bonds. The first-order valence-corrected chi connectivity index (χ1v) is 3.90. The van der Waals surface area contributed by atoms with Crippen LogP contribution in [0.5, 0.6) is 0 Å². The molecule has 0 heterocycles. The lowest BCUT2D eigenvalue weighted by molar-refractivity contribution is 0.300. The first-order chi connectivity index (χ1) is 5.79. The number of hydrogen-bond donors (Lipinski definition) is 1. The number of benzene rings is 1. The maximum atomic E-state index is 8.68. The van der Waals surface area contributed by atoms with Crippen molar-refractivity contribution in [3.05, 3.63) is 33.8 Å². The Bertz CT molecular complexity index is 319. The SMILES string of the molecule is N#[N+]c1cccc(Cl)c1CCO. The molecular weight excluding hydrogens is 176 g/mol. The van der Waals surface area contributed by atoms with Gasteiger partial charge in [-0.25, -0.2) is 0 Å². The van der Waals surface area contributed by atoms with E-state index in [-0.39, 0.29) is 6.61 Å². The van der Waals surface area contributed by atoms with Gasteiger partial charge < -0.3 is 5.11 Å². The van der Waals surface area contributed by atoms with Gasteiger partial charge >= 0.3 is 5.69 Å². The number of nitrogens with zero attached hydrogens (tertiary/aromatic N) is 2. The van der Waals surface area contributed by atoms with E-state index in [0.717, 1.165) is 0 Å². The first-order valence-electron chi connectivity index (χ1n) is 3.53. The summed E-state index contributed by atoms with van der Waals surface area (Å²) in [4.78, 5) is 3.05. The Hall–Kier alpha value is -1.11. The topological polar surface area (TPSA) is 48.4 Å². The van der Waals surface area contributed by atoms with Gasteiger partial charge in [0.2, 0.25) is 5.39 Å². The third-order valence-corrected chi connectivity index (χ3v) is 1.92. The van der Waals surface area contributed by atoms with Crippen LogP contribution >= 0.6 is 11.6 Å². The number of halogens is 1. The highest BCUT2D eigenvalue weighted by atomic mass is 35.5. The molecule has 0 radical (unpaired) electrons. The van der Waals surface area contributed by atoms with Crippen LogP contribution in [0.15, 0.2) is 18.2 Å². The Morgan fingerprint density at radius 3 is 2.83 bits per heavy atom. The molecule has 4 heteroatoms. The van der Waals surface area contributed by atoms with E-state index in [9.17, 15) is 0 Å². The molecule has 0 atom stereocenters. The number of hydrogen-bond acceptors (Lipinski definition) is 2. The van der Waals surface area contributed by atoms with Crippen LogP contribution in [-0.4, -0.2) is 11.7 Å². The third kappa shape index (κ3) is 1.73. The summed E-state index contributed by atoms with van der Waals surface area (Å²) >= 11 is 5.80. The minimum atomic E-state index is -0.00769. The summed E-state index contributed by atoms with van der Waals surface area (Å²) in [5, 5.41) is 17.7. The van der Waals surface area contributed by atoms with Crippen molar-refractivity contribution in [3.8, 4) is 0 Å². The van der Waals surface area contributed by atoms with E-state index in [1.54, 1.807) is 18.2 Å². The van der Waals surface area contributed by atoms with E-state index >= 15 is 0 Å². The van der Waals surface area contributed by atoms with Gasteiger partial charge in [0.1, 0.15) is 0 Å². The number of rotatable bonds is 2. The Morgan fingerprint density at radius 1 is 1.50 bits per heavy atom. The summed E-state index contributed by atoms with van der Waals surface area (Å²) < 4.78 is 0. The van der Waals surface area contributed by atoms with Crippen LogP contribution in [-0.2, 0) is 6.42 Å². The van der Waals surface area contributed by atoms with Crippen LogP contribution in [0.2, 0.25) is 5.02 Å². The summed E-state index contributed by atoms with van der Waals surface area (Å²) in [7, 11) is 0. The molecule has 0 aliphatic rings. The number of diazo groups is 1. The van der Waals surface area contributed by atoms with Gasteiger partial charge in [0.05, 0.1) is 10.6 Å². The highest BCUT2D eigenvalue weighted by Gasteiger charge is 2.15. The van der Waals surface area contributed by atoms with Crippen LogP contribution in [0.4, 0.5) is 5.69 Å². The van der Waals surface area contributed by atoms with Gasteiger partial charge in [0.25, 0.3) is 0 Å². The molecule has 3 nitrogen and oxygen atoms in total. The fraction of sp³-hybridized carbons (Fsp3) is 0.250. The van der Waals surface area contributed by atoms with Gasteiger partial charge in [-0.05, 0) is 6.07 Å². The van der Waals surface area contributed by atoms with Crippen molar-refractivity contribution in [2.45, 2.75) is 6.42 Å². The monoisotopic (exact) mass is 183 g/mol. The molecule has 12 heavy (non-hydrogen) atoms. The largest absolute Gasteiger partial charge is 0.396 e. The predicted octanol–water partition coefficient (Wildman–Crippen LogP) is 2.36. The van der Waals surface area contributed by atoms with Crippen molar-refractivity contribution in [2.75, 3.05) is 6.61 Å². The van der Waals surface area contributed by atoms with E-state index in [2.05, 4.69) is 4.98 Å². The van der Waals surface area contributed by atoms with Crippen LogP contribution in [0.25, 0.3) is 4.98 Å². The molecule has 62 valence electrons. The summed E-state index contributed by atoms with van der Waals surface area (Å²) in [6.07, 6.45) is 0.402. The second-order valence-corrected chi connectivity index (χ2v) is 2.72. The highest BCUT2D eigenvalue weighted by molar-refractivity contribution is 6.31. The standard InChI is InChI=1S/C8H8ClN2O/c9-7-2-1-3-8(11-10)6(7)4-5-12/h1-3,12H,4-5H2/q+1. The summed E-state index contributed by atoms with van der Waals surface area (Å²) in [5.41, 5.74) is 1.08. The van der Waals surface area contributed by atoms with Gasteiger partial charge in [-0.15, -0.1) is 0 Å². The Balaban J connectivity index is 3.13. The second kappa shape index (κ2) is 4.05. The quantitative estimate of drug-likeness (QED) is 0.716. The lowest BCUT2D eigenvalue weighted by Gasteiger charge is -1.96. The molecule has 1 aromatic carbocycles. The van der Waals surface area contributed by atoms with Gasteiger partial charge in [-0.2, -0.15) is 0 Å². The fourth-order valence-corrected chi connectivity index (χ4v) is 1.26. The van der Waals surface area contributed by atoms with Crippen molar-refractivity contribution in [1.82, 2.24) is 0 Å². The van der Waals surface area contributed by atoms with Crippen LogP contribution in [0.3, 0.4) is 0 Å². The van der Waals surface area contributed by atoms with Crippen molar-refractivity contribution in [3.63, 3.8) is 0 Å². The minimum Gasteiger partial charge on any atom is -0.396 e. The Labute approximate surface area is 75.2 Å². The third-order valence-electron chi connectivity index (χ3n) is 1.56. The molecule has 0 bridgehead atoms. The molecule has 0 spiro atoms. The molecule has 0 saturated carbocycles. The second-order valence-electron chi connectivity index (χ2n) is 2.31. The Morgan fingerprint density at radius 2 is 2.25 bits per heavy atom. The van der Waals surface area contributed by atoms with Gasteiger partial charge in [-0.3, -0.25) is 0 Å². The summed E-state index contributed by atoms with van der Waals surface area (Å²) in [5.74, 6) is 0. The zero-order chi connectivity index (χ0) is 8.97. The average molecular weight is 184 g/mol. The van der Waals surface area contributed by atoms with Gasteiger partial charge in [0, 0.05) is 19.1 Å². The molecule has 1 aromatic rings. The number of aliphatic hydroxyl groups is 1. The van der Waals surface area contributed by atoms with Crippen molar-refractivity contribution < 1.29 is 5.11 Å².